The third-order valence-corrected chi connectivity index (χ3v) is 16.4. The number of hydrogen-bond donors (Lipinski definition) is 0. The first-order valence-corrected chi connectivity index (χ1v) is 28.8. The summed E-state index contributed by atoms with van der Waals surface area (Å²) >= 11 is 0. The van der Waals surface area contributed by atoms with Crippen molar-refractivity contribution in [3.63, 3.8) is 0 Å². The number of benzene rings is 9. The van der Waals surface area contributed by atoms with Crippen molar-refractivity contribution < 1.29 is 25.8 Å². The summed E-state index contributed by atoms with van der Waals surface area (Å²) in [5, 5.41) is 4.47. The van der Waals surface area contributed by atoms with Crippen LogP contribution in [0.1, 0.15) is 105 Å². The van der Waals surface area contributed by atoms with Gasteiger partial charge in [-0.05, 0) is 127 Å². The molecule has 418 valence electrons. The van der Waals surface area contributed by atoms with Crippen LogP contribution in [0.15, 0.2) is 200 Å². The Balaban J connectivity index is 0.00000680. The molecule has 0 atom stereocenters. The Morgan fingerprint density at radius 2 is 1.01 bits per heavy atom. The quantitative estimate of drug-likeness (QED) is 0.142. The second kappa shape index (κ2) is 20.6. The van der Waals surface area contributed by atoms with Gasteiger partial charge in [-0.1, -0.05) is 203 Å². The van der Waals surface area contributed by atoms with E-state index in [-0.39, 0.29) is 42.7 Å². The number of ether oxygens (including phenoxy) is 1. The van der Waals surface area contributed by atoms with Gasteiger partial charge in [0.05, 0.1) is 5.52 Å². The molecule has 0 aliphatic carbocycles. The summed E-state index contributed by atoms with van der Waals surface area (Å²) in [5.74, 6) is 1.95. The Bertz CT molecular complexity index is 4400. The van der Waals surface area contributed by atoms with Crippen LogP contribution in [-0.4, -0.2) is 14.1 Å². The predicted molar refractivity (Wildman–Crippen MR) is 344 cm³/mol. The number of fused-ring (bicyclic) bond motifs is 7. The molecule has 0 fully saturated rings. The Labute approximate surface area is 504 Å². The summed E-state index contributed by atoms with van der Waals surface area (Å²) in [4.78, 5) is 9.76. The molecule has 0 amide bonds. The van der Waals surface area contributed by atoms with E-state index in [0.29, 0.717) is 11.5 Å². The van der Waals surface area contributed by atoms with Crippen LogP contribution in [0.2, 0.25) is 0 Å². The van der Waals surface area contributed by atoms with Crippen LogP contribution in [0.25, 0.3) is 77.4 Å². The predicted octanol–water partition coefficient (Wildman–Crippen LogP) is 20.6. The van der Waals surface area contributed by atoms with Crippen molar-refractivity contribution in [3.8, 4) is 45.3 Å². The molecule has 1 aliphatic heterocycles. The Morgan fingerprint density at radius 3 is 1.66 bits per heavy atom. The van der Waals surface area contributed by atoms with Gasteiger partial charge < -0.3 is 23.7 Å². The molecule has 0 saturated heterocycles. The van der Waals surface area contributed by atoms with E-state index in [2.05, 4.69) is 309 Å². The first kappa shape index (κ1) is 55.4. The van der Waals surface area contributed by atoms with Gasteiger partial charge in [0.2, 0.25) is 0 Å². The van der Waals surface area contributed by atoms with Crippen LogP contribution < -0.4 is 14.5 Å². The molecule has 1 aliphatic rings. The maximum Gasteiger partial charge on any atom is 0.136 e. The summed E-state index contributed by atoms with van der Waals surface area (Å²) in [6, 6.07) is 77.9. The number of hydrogen-bond acceptors (Lipinski definition) is 4. The largest absolute Gasteiger partial charge is 0.509 e. The second-order valence-corrected chi connectivity index (χ2v) is 26.3. The SMILES string of the molecule is CC(C)(C)c1cc(N2[CH-]N(c3[c-]c(Oc4[c-]c5c(cc4-c4cccc6c7ccccc7n(-c7ccccc7)c46)c4ccccc4n5-c4cc(-c5c(C(C)(C)C)cccc5C(C)(C)C)ccn4)ccc3)c3ccccc32)cc(C(C)(C)C)c1.[Pt]. The standard InChI is InChI=1S/C76H70N5O.Pt/c1-73(2,3)50-42-51(74(4,5)6)44-54(43-50)79-48-78(66-37-20-21-38-67(66)79)53-27-22-28-55(45-53)82-69-47-68-60(46-61(69)59-32-23-31-58-56-29-16-18-35-64(56)80(72(58)59)52-25-14-13-15-26-52)57-30-17-19-36-65(57)81(68)70-41-49(39-40-77-70)71-62(75(7,8)9)33-24-34-63(71)76(10,11)12;/h13-44,46,48H,1-12H3;/q-3;. The molecule has 83 heavy (non-hydrogen) atoms. The van der Waals surface area contributed by atoms with Gasteiger partial charge in [-0.3, -0.25) is 0 Å². The van der Waals surface area contributed by atoms with Gasteiger partial charge in [0.25, 0.3) is 0 Å². The minimum Gasteiger partial charge on any atom is -0.509 e. The van der Waals surface area contributed by atoms with Crippen molar-refractivity contribution in [1.82, 2.24) is 14.1 Å². The molecular formula is C76H70N5OPt-3. The van der Waals surface area contributed by atoms with E-state index in [9.17, 15) is 0 Å². The number of anilines is 4. The molecule has 7 heteroatoms. The van der Waals surface area contributed by atoms with E-state index in [1.807, 2.05) is 12.3 Å². The van der Waals surface area contributed by atoms with Crippen LogP contribution >= 0.6 is 0 Å². The molecular weight excluding hydrogens is 1190 g/mol. The average molecular weight is 1260 g/mol. The van der Waals surface area contributed by atoms with Crippen LogP contribution in [-0.2, 0) is 42.7 Å². The first-order chi connectivity index (χ1) is 39.2. The monoisotopic (exact) mass is 1260 g/mol. The number of nitrogens with zero attached hydrogens (tertiary/aromatic N) is 5. The molecule has 0 bridgehead atoms. The second-order valence-electron chi connectivity index (χ2n) is 26.3. The topological polar surface area (TPSA) is 38.5 Å². The van der Waals surface area contributed by atoms with E-state index in [1.165, 1.54) is 33.2 Å². The molecule has 0 saturated carbocycles. The van der Waals surface area contributed by atoms with E-state index in [1.54, 1.807) is 0 Å². The third kappa shape index (κ3) is 9.83. The number of pyridine rings is 1. The average Bonchev–Trinajstić information content (AvgIpc) is 2.67. The van der Waals surface area contributed by atoms with Gasteiger partial charge in [0, 0.05) is 83.3 Å². The fourth-order valence-corrected chi connectivity index (χ4v) is 12.2. The zero-order valence-electron chi connectivity index (χ0n) is 49.6. The first-order valence-electron chi connectivity index (χ1n) is 28.8. The fraction of sp³-hybridized carbons (Fsp3) is 0.211. The van der Waals surface area contributed by atoms with Crippen molar-refractivity contribution >= 4 is 66.4 Å². The Hall–Kier alpha value is -8.18. The number of aromatic nitrogens is 3. The van der Waals surface area contributed by atoms with Crippen LogP contribution in [0.4, 0.5) is 22.7 Å². The Kier molecular flexibility index (Phi) is 13.7. The molecule has 0 unspecified atom stereocenters. The van der Waals surface area contributed by atoms with Gasteiger partial charge in [0.15, 0.2) is 0 Å². The maximum atomic E-state index is 7.42. The minimum atomic E-state index is -0.101. The molecule has 0 N–H and O–H groups in total. The third-order valence-electron chi connectivity index (χ3n) is 16.4. The van der Waals surface area contributed by atoms with Gasteiger partial charge in [0.1, 0.15) is 5.82 Å². The normalized spacial score (nSPS) is 13.1. The molecule has 3 aromatic heterocycles. The molecule has 0 spiro atoms. The van der Waals surface area contributed by atoms with Crippen LogP contribution in [0.3, 0.4) is 0 Å². The summed E-state index contributed by atoms with van der Waals surface area (Å²) in [7, 11) is 0. The zero-order chi connectivity index (χ0) is 57.0. The molecule has 0 radical (unpaired) electrons. The van der Waals surface area contributed by atoms with Gasteiger partial charge in [-0.25, -0.2) is 4.98 Å². The molecule has 12 aromatic rings. The van der Waals surface area contributed by atoms with Crippen molar-refractivity contribution in [3.05, 3.63) is 241 Å². The number of rotatable bonds is 8. The van der Waals surface area contributed by atoms with E-state index in [4.69, 9.17) is 9.72 Å². The summed E-state index contributed by atoms with van der Waals surface area (Å²) in [5.41, 5.74) is 18.6. The molecule has 13 rings (SSSR count). The van der Waals surface area contributed by atoms with Gasteiger partial charge >= 0.3 is 0 Å². The van der Waals surface area contributed by atoms with Gasteiger partial charge in [-0.2, -0.15) is 12.1 Å². The van der Waals surface area contributed by atoms with Gasteiger partial charge in [-0.15, -0.1) is 42.0 Å². The smallest absolute Gasteiger partial charge is 0.136 e. The number of para-hydroxylation sites is 6. The molecule has 6 nitrogen and oxygen atoms in total. The van der Waals surface area contributed by atoms with E-state index in [0.717, 1.165) is 89.2 Å². The summed E-state index contributed by atoms with van der Waals surface area (Å²) in [6.07, 6.45) is 1.96. The summed E-state index contributed by atoms with van der Waals surface area (Å²) in [6.45, 7) is 29.8. The van der Waals surface area contributed by atoms with Crippen LogP contribution in [0.5, 0.6) is 11.5 Å². The summed E-state index contributed by atoms with van der Waals surface area (Å²) < 4.78 is 12.1. The van der Waals surface area contributed by atoms with E-state index >= 15 is 0 Å². The molecule has 9 aromatic carbocycles. The maximum absolute atomic E-state index is 7.42. The van der Waals surface area contributed by atoms with Crippen LogP contribution in [0, 0.1) is 18.8 Å². The Morgan fingerprint density at radius 1 is 0.446 bits per heavy atom. The van der Waals surface area contributed by atoms with Crippen molar-refractivity contribution in [2.45, 2.75) is 105 Å². The molecule has 4 heterocycles. The minimum absolute atomic E-state index is 0. The van der Waals surface area contributed by atoms with Crippen molar-refractivity contribution in [2.24, 2.45) is 0 Å². The zero-order valence-corrected chi connectivity index (χ0v) is 51.9. The van der Waals surface area contributed by atoms with E-state index < -0.39 is 0 Å². The van der Waals surface area contributed by atoms with Crippen molar-refractivity contribution in [2.75, 3.05) is 9.80 Å². The fourth-order valence-electron chi connectivity index (χ4n) is 12.2. The van der Waals surface area contributed by atoms with Crippen molar-refractivity contribution in [1.29, 1.82) is 0 Å².